The lowest BCUT2D eigenvalue weighted by atomic mass is 9.91. The summed E-state index contributed by atoms with van der Waals surface area (Å²) in [5, 5.41) is 0. The Morgan fingerprint density at radius 1 is 1.11 bits per heavy atom. The maximum absolute atomic E-state index is 12.4. The minimum Gasteiger partial charge on any atom is -0.332 e. The molecule has 2 aliphatic rings. The molecule has 0 radical (unpaired) electrons. The van der Waals surface area contributed by atoms with Crippen molar-refractivity contribution in [3.63, 3.8) is 0 Å². The van der Waals surface area contributed by atoms with Gasteiger partial charge in [0.25, 0.3) is 0 Å². The molecule has 0 spiro atoms. The zero-order valence-corrected chi connectivity index (χ0v) is 10.3. The summed E-state index contributed by atoms with van der Waals surface area (Å²) in [4.78, 5) is 14.4. The van der Waals surface area contributed by atoms with Gasteiger partial charge in [0.05, 0.1) is 12.0 Å². The van der Waals surface area contributed by atoms with Gasteiger partial charge in [0.15, 0.2) is 0 Å². The fraction of sp³-hybridized carbons (Fsp3) is 0.312. The molecule has 0 unspecified atom stereocenters. The summed E-state index contributed by atoms with van der Waals surface area (Å²) in [5.41, 5.74) is 1.23. The Labute approximate surface area is 108 Å². The predicted octanol–water partition coefficient (Wildman–Crippen LogP) is 2.57. The van der Waals surface area contributed by atoms with Gasteiger partial charge in [-0.1, -0.05) is 54.6 Å². The van der Waals surface area contributed by atoms with Gasteiger partial charge >= 0.3 is 0 Å². The smallest absolute Gasteiger partial charge is 0.230 e. The molecule has 18 heavy (non-hydrogen) atoms. The van der Waals surface area contributed by atoms with E-state index in [1.807, 2.05) is 23.1 Å². The average molecular weight is 239 g/mol. The molecule has 0 bridgehead atoms. The van der Waals surface area contributed by atoms with Crippen LogP contribution in [0.25, 0.3) is 0 Å². The molecule has 0 aliphatic carbocycles. The Kier molecular flexibility index (Phi) is 3.01. The van der Waals surface area contributed by atoms with Crippen LogP contribution in [-0.4, -0.2) is 23.4 Å². The molecule has 1 aromatic rings. The van der Waals surface area contributed by atoms with E-state index in [9.17, 15) is 4.79 Å². The highest BCUT2D eigenvalue weighted by Crippen LogP contribution is 2.24. The number of hydrogen-bond donors (Lipinski definition) is 0. The number of benzene rings is 1. The number of fused-ring (bicyclic) bond motifs is 1. The number of amides is 1. The van der Waals surface area contributed by atoms with Crippen molar-refractivity contribution >= 4 is 5.91 Å². The van der Waals surface area contributed by atoms with E-state index in [0.717, 1.165) is 19.4 Å². The third-order valence-electron chi connectivity index (χ3n) is 3.71. The molecule has 0 saturated heterocycles. The topological polar surface area (TPSA) is 20.3 Å². The second-order valence-electron chi connectivity index (χ2n) is 4.95. The fourth-order valence-corrected chi connectivity index (χ4v) is 2.70. The predicted molar refractivity (Wildman–Crippen MR) is 72.0 cm³/mol. The summed E-state index contributed by atoms with van der Waals surface area (Å²) in [6, 6.07) is 10.5. The number of rotatable bonds is 2. The third-order valence-corrected chi connectivity index (χ3v) is 3.71. The quantitative estimate of drug-likeness (QED) is 0.726. The van der Waals surface area contributed by atoms with Gasteiger partial charge in [-0.2, -0.15) is 0 Å². The molecule has 0 saturated carbocycles. The Morgan fingerprint density at radius 2 is 1.94 bits per heavy atom. The van der Waals surface area contributed by atoms with Crippen molar-refractivity contribution in [3.05, 3.63) is 60.2 Å². The van der Waals surface area contributed by atoms with Gasteiger partial charge < -0.3 is 4.90 Å². The van der Waals surface area contributed by atoms with Crippen LogP contribution in [0.4, 0.5) is 0 Å². The third kappa shape index (κ3) is 2.10. The van der Waals surface area contributed by atoms with Crippen molar-refractivity contribution in [3.8, 4) is 0 Å². The van der Waals surface area contributed by atoms with E-state index in [1.165, 1.54) is 5.56 Å². The molecule has 3 rings (SSSR count). The first kappa shape index (κ1) is 11.3. The van der Waals surface area contributed by atoms with Gasteiger partial charge in [-0.15, -0.1) is 0 Å². The molecule has 2 atom stereocenters. The van der Waals surface area contributed by atoms with Crippen LogP contribution in [-0.2, 0) is 11.2 Å². The van der Waals surface area contributed by atoms with Crippen molar-refractivity contribution in [1.82, 2.24) is 4.90 Å². The highest BCUT2D eigenvalue weighted by Gasteiger charge is 2.31. The molecule has 1 aromatic carbocycles. The molecule has 2 heteroatoms. The molecule has 1 amide bonds. The highest BCUT2D eigenvalue weighted by atomic mass is 16.2. The summed E-state index contributed by atoms with van der Waals surface area (Å²) in [6.07, 6.45) is 10.3. The lowest BCUT2D eigenvalue weighted by molar-refractivity contribution is -0.135. The van der Waals surface area contributed by atoms with Crippen molar-refractivity contribution < 1.29 is 4.79 Å². The molecule has 0 aromatic heterocycles. The zero-order valence-electron chi connectivity index (χ0n) is 10.3. The summed E-state index contributed by atoms with van der Waals surface area (Å²) >= 11 is 0. The zero-order chi connectivity index (χ0) is 12.4. The Balaban J connectivity index is 1.77. The highest BCUT2D eigenvalue weighted by molar-refractivity contribution is 5.83. The maximum atomic E-state index is 12.4. The van der Waals surface area contributed by atoms with Crippen molar-refractivity contribution in [1.29, 1.82) is 0 Å². The van der Waals surface area contributed by atoms with Crippen molar-refractivity contribution in [2.75, 3.05) is 6.54 Å². The molecular formula is C16H17NO. The van der Waals surface area contributed by atoms with Crippen molar-refractivity contribution in [2.45, 2.75) is 18.9 Å². The number of nitrogens with zero attached hydrogens (tertiary/aromatic N) is 1. The second-order valence-corrected chi connectivity index (χ2v) is 4.95. The summed E-state index contributed by atoms with van der Waals surface area (Å²) < 4.78 is 0. The lowest BCUT2D eigenvalue weighted by Gasteiger charge is -2.36. The average Bonchev–Trinajstić information content (AvgIpc) is 2.43. The summed E-state index contributed by atoms with van der Waals surface area (Å²) in [7, 11) is 0. The Morgan fingerprint density at radius 3 is 2.78 bits per heavy atom. The second kappa shape index (κ2) is 4.81. The van der Waals surface area contributed by atoms with Gasteiger partial charge in [-0.3, -0.25) is 4.79 Å². The molecule has 2 aliphatic heterocycles. The standard InChI is InChI=1S/C16H17NO/c18-16-14(12-13-6-2-1-3-7-13)9-10-15-8-4-5-11-17(15)16/h1-7,9-10,14-15H,8,11-12H2/t14-,15-/m0/s1. The van der Waals surface area contributed by atoms with E-state index in [-0.39, 0.29) is 17.9 Å². The molecule has 92 valence electrons. The monoisotopic (exact) mass is 239 g/mol. The van der Waals surface area contributed by atoms with E-state index in [2.05, 4.69) is 36.4 Å². The number of carbonyl (C=O) groups is 1. The van der Waals surface area contributed by atoms with Gasteiger partial charge in [0.1, 0.15) is 0 Å². The Hall–Kier alpha value is -1.83. The van der Waals surface area contributed by atoms with E-state index in [4.69, 9.17) is 0 Å². The van der Waals surface area contributed by atoms with E-state index in [0.29, 0.717) is 0 Å². The first-order chi connectivity index (χ1) is 8.84. The maximum Gasteiger partial charge on any atom is 0.230 e. The van der Waals surface area contributed by atoms with Crippen LogP contribution in [0.1, 0.15) is 12.0 Å². The van der Waals surface area contributed by atoms with E-state index in [1.54, 1.807) is 0 Å². The molecule has 0 N–H and O–H groups in total. The van der Waals surface area contributed by atoms with E-state index >= 15 is 0 Å². The minimum atomic E-state index is 0.00940. The molecule has 2 heterocycles. The number of hydrogen-bond acceptors (Lipinski definition) is 1. The molecule has 2 nitrogen and oxygen atoms in total. The minimum absolute atomic E-state index is 0.00940. The van der Waals surface area contributed by atoms with Crippen LogP contribution in [0.15, 0.2) is 54.6 Å². The Bertz CT molecular complexity index is 489. The van der Waals surface area contributed by atoms with Crippen LogP contribution in [0, 0.1) is 5.92 Å². The van der Waals surface area contributed by atoms with Crippen molar-refractivity contribution in [2.24, 2.45) is 5.92 Å². The molecular weight excluding hydrogens is 222 g/mol. The normalized spacial score (nSPS) is 26.2. The van der Waals surface area contributed by atoms with Crippen LogP contribution >= 0.6 is 0 Å². The van der Waals surface area contributed by atoms with Gasteiger partial charge in [0, 0.05) is 6.54 Å². The van der Waals surface area contributed by atoms with Crippen LogP contribution in [0.2, 0.25) is 0 Å². The van der Waals surface area contributed by atoms with Gasteiger partial charge in [-0.25, -0.2) is 0 Å². The van der Waals surface area contributed by atoms with Crippen LogP contribution in [0.3, 0.4) is 0 Å². The molecule has 0 fully saturated rings. The SMILES string of the molecule is O=C1[C@H](Cc2ccccc2)C=C[C@@H]2CC=CCN12. The summed E-state index contributed by atoms with van der Waals surface area (Å²) in [6.45, 7) is 0.763. The first-order valence-corrected chi connectivity index (χ1v) is 6.52. The van der Waals surface area contributed by atoms with Gasteiger partial charge in [0.2, 0.25) is 5.91 Å². The lowest BCUT2D eigenvalue weighted by Crippen LogP contribution is -2.46. The summed E-state index contributed by atoms with van der Waals surface area (Å²) in [5.74, 6) is 0.283. The fourth-order valence-electron chi connectivity index (χ4n) is 2.70. The van der Waals surface area contributed by atoms with Crippen LogP contribution < -0.4 is 0 Å². The number of carbonyl (C=O) groups excluding carboxylic acids is 1. The largest absolute Gasteiger partial charge is 0.332 e. The van der Waals surface area contributed by atoms with Crippen LogP contribution in [0.5, 0.6) is 0 Å². The van der Waals surface area contributed by atoms with Gasteiger partial charge in [-0.05, 0) is 18.4 Å². The first-order valence-electron chi connectivity index (χ1n) is 6.52. The van der Waals surface area contributed by atoms with E-state index < -0.39 is 0 Å².